The number of rotatable bonds is 6. The third-order valence-electron chi connectivity index (χ3n) is 4.18. The van der Waals surface area contributed by atoms with Crippen molar-refractivity contribution in [2.75, 3.05) is 13.2 Å². The molecule has 0 amide bonds. The highest BCUT2D eigenvalue weighted by molar-refractivity contribution is 4.98. The fourth-order valence-electron chi connectivity index (χ4n) is 3.41. The largest absolute Gasteiger partial charge is 0.362 e. The Morgan fingerprint density at radius 1 is 1.17 bits per heavy atom. The second kappa shape index (κ2) is 6.36. The number of nitrogens with zero attached hydrogens (tertiary/aromatic N) is 1. The Morgan fingerprint density at radius 3 is 2.17 bits per heavy atom. The van der Waals surface area contributed by atoms with Crippen LogP contribution in [0.3, 0.4) is 0 Å². The van der Waals surface area contributed by atoms with E-state index in [1.54, 1.807) is 0 Å². The van der Waals surface area contributed by atoms with Crippen molar-refractivity contribution in [1.82, 2.24) is 4.90 Å². The molecule has 1 unspecified atom stereocenters. The molecule has 2 N–H and O–H groups in total. The van der Waals surface area contributed by atoms with Gasteiger partial charge in [0.05, 0.1) is 0 Å². The van der Waals surface area contributed by atoms with Gasteiger partial charge in [-0.05, 0) is 53.4 Å². The monoisotopic (exact) mass is 256 g/mol. The van der Waals surface area contributed by atoms with E-state index in [9.17, 15) is 0 Å². The summed E-state index contributed by atoms with van der Waals surface area (Å²) in [6.45, 7) is 12.9. The van der Waals surface area contributed by atoms with Gasteiger partial charge in [-0.25, -0.2) is 0 Å². The fourth-order valence-corrected chi connectivity index (χ4v) is 3.41. The van der Waals surface area contributed by atoms with Gasteiger partial charge in [-0.15, -0.1) is 0 Å². The number of ether oxygens (including phenoxy) is 1. The maximum absolute atomic E-state index is 6.04. The number of nitrogens with two attached hydrogens (primary N) is 1. The van der Waals surface area contributed by atoms with Crippen molar-refractivity contribution in [3.63, 3.8) is 0 Å². The number of hydrogen-bond acceptors (Lipinski definition) is 3. The van der Waals surface area contributed by atoms with E-state index in [1.807, 2.05) is 0 Å². The predicted octanol–water partition coefficient (Wildman–Crippen LogP) is 3.13. The molecule has 18 heavy (non-hydrogen) atoms. The lowest BCUT2D eigenvalue weighted by Crippen LogP contribution is -2.64. The third-order valence-corrected chi connectivity index (χ3v) is 4.18. The Kier molecular flexibility index (Phi) is 5.63. The maximum Gasteiger partial charge on any atom is 0.123 e. The summed E-state index contributed by atoms with van der Waals surface area (Å²) in [5.41, 5.74) is 6.32. The first-order valence-electron chi connectivity index (χ1n) is 7.46. The van der Waals surface area contributed by atoms with Crippen molar-refractivity contribution >= 4 is 0 Å². The molecule has 3 heteroatoms. The van der Waals surface area contributed by atoms with Crippen molar-refractivity contribution < 1.29 is 4.74 Å². The van der Waals surface area contributed by atoms with Crippen molar-refractivity contribution in [1.29, 1.82) is 0 Å². The summed E-state index contributed by atoms with van der Waals surface area (Å²) in [4.78, 5) is 2.51. The van der Waals surface area contributed by atoms with Crippen LogP contribution in [0.5, 0.6) is 0 Å². The van der Waals surface area contributed by atoms with Crippen LogP contribution in [-0.2, 0) is 4.74 Å². The van der Waals surface area contributed by atoms with Gasteiger partial charge in [0, 0.05) is 24.2 Å². The minimum Gasteiger partial charge on any atom is -0.362 e. The summed E-state index contributed by atoms with van der Waals surface area (Å²) in [5.74, 6) is 0. The lowest BCUT2D eigenvalue weighted by molar-refractivity contribution is -0.160. The first kappa shape index (κ1) is 15.9. The van der Waals surface area contributed by atoms with Gasteiger partial charge in [0.25, 0.3) is 0 Å². The van der Waals surface area contributed by atoms with E-state index in [-0.39, 0.29) is 17.3 Å². The summed E-state index contributed by atoms with van der Waals surface area (Å²) in [7, 11) is 0. The van der Waals surface area contributed by atoms with E-state index in [2.05, 4.69) is 39.5 Å². The van der Waals surface area contributed by atoms with Crippen LogP contribution in [0.1, 0.15) is 66.7 Å². The molecule has 0 bridgehead atoms. The molecule has 0 spiro atoms. The van der Waals surface area contributed by atoms with Crippen LogP contribution in [0.2, 0.25) is 0 Å². The Balaban J connectivity index is 2.78. The molecule has 0 aromatic carbocycles. The number of piperidine rings is 1. The summed E-state index contributed by atoms with van der Waals surface area (Å²) in [5, 5.41) is 0. The molecule has 1 saturated heterocycles. The van der Waals surface area contributed by atoms with Crippen molar-refractivity contribution in [3.05, 3.63) is 0 Å². The van der Waals surface area contributed by atoms with Gasteiger partial charge in [0.15, 0.2) is 0 Å². The molecule has 1 atom stereocenters. The number of unbranched alkanes of at least 4 members (excludes halogenated alkanes) is 1. The van der Waals surface area contributed by atoms with Crippen molar-refractivity contribution in [2.24, 2.45) is 5.73 Å². The van der Waals surface area contributed by atoms with E-state index < -0.39 is 0 Å². The average molecular weight is 256 g/mol. The van der Waals surface area contributed by atoms with Gasteiger partial charge in [-0.2, -0.15) is 0 Å². The van der Waals surface area contributed by atoms with E-state index in [1.165, 1.54) is 25.7 Å². The Bertz CT molecular complexity index is 235. The second-order valence-electron chi connectivity index (χ2n) is 6.76. The van der Waals surface area contributed by atoms with Crippen LogP contribution in [0, 0.1) is 0 Å². The van der Waals surface area contributed by atoms with E-state index in [0.717, 1.165) is 13.0 Å². The van der Waals surface area contributed by atoms with Crippen molar-refractivity contribution in [3.8, 4) is 0 Å². The quantitative estimate of drug-likeness (QED) is 0.742. The molecule has 1 rings (SSSR count). The molecule has 0 aromatic heterocycles. The molecule has 0 saturated carbocycles. The maximum atomic E-state index is 6.04. The molecule has 0 aliphatic carbocycles. The minimum absolute atomic E-state index is 0.0573. The van der Waals surface area contributed by atoms with Crippen LogP contribution in [0.25, 0.3) is 0 Å². The smallest absolute Gasteiger partial charge is 0.123 e. The van der Waals surface area contributed by atoms with Gasteiger partial charge in [0.2, 0.25) is 0 Å². The summed E-state index contributed by atoms with van der Waals surface area (Å²) in [6.07, 6.45) is 6.09. The summed E-state index contributed by atoms with van der Waals surface area (Å²) >= 11 is 0. The van der Waals surface area contributed by atoms with Crippen LogP contribution >= 0.6 is 0 Å². The predicted molar refractivity (Wildman–Crippen MR) is 77.6 cm³/mol. The zero-order valence-electron chi connectivity index (χ0n) is 13.0. The minimum atomic E-state index is 0.0573. The third kappa shape index (κ3) is 3.69. The molecule has 1 aliphatic rings. The van der Waals surface area contributed by atoms with Gasteiger partial charge < -0.3 is 10.5 Å². The van der Waals surface area contributed by atoms with E-state index in [4.69, 9.17) is 10.5 Å². The first-order valence-corrected chi connectivity index (χ1v) is 7.46. The lowest BCUT2D eigenvalue weighted by atomic mass is 9.79. The topological polar surface area (TPSA) is 38.5 Å². The molecule has 1 fully saturated rings. The van der Waals surface area contributed by atoms with Crippen LogP contribution in [-0.4, -0.2) is 35.4 Å². The zero-order valence-corrected chi connectivity index (χ0v) is 13.0. The van der Waals surface area contributed by atoms with E-state index >= 15 is 0 Å². The van der Waals surface area contributed by atoms with Gasteiger partial charge in [-0.1, -0.05) is 13.3 Å². The SMILES string of the molecule is CCCCOC(CN)N1C(C)(C)CCCC1(C)C. The number of hydrogen-bond donors (Lipinski definition) is 1. The van der Waals surface area contributed by atoms with Crippen LogP contribution < -0.4 is 5.73 Å². The van der Waals surface area contributed by atoms with E-state index in [0.29, 0.717) is 6.54 Å². The van der Waals surface area contributed by atoms with Crippen LogP contribution in [0.4, 0.5) is 0 Å². The molecular formula is C15H32N2O. The Morgan fingerprint density at radius 2 is 1.72 bits per heavy atom. The number of likely N-dealkylation sites (tertiary alicyclic amines) is 1. The summed E-state index contributed by atoms with van der Waals surface area (Å²) in [6, 6.07) is 0. The van der Waals surface area contributed by atoms with Crippen molar-refractivity contribution in [2.45, 2.75) is 84.0 Å². The molecule has 0 aromatic rings. The van der Waals surface area contributed by atoms with Gasteiger partial charge in [-0.3, -0.25) is 4.90 Å². The average Bonchev–Trinajstić information content (AvgIpc) is 2.25. The van der Waals surface area contributed by atoms with Crippen LogP contribution in [0.15, 0.2) is 0 Å². The molecular weight excluding hydrogens is 224 g/mol. The highest BCUT2D eigenvalue weighted by Gasteiger charge is 2.44. The first-order chi connectivity index (χ1) is 8.35. The normalized spacial score (nSPS) is 25.0. The highest BCUT2D eigenvalue weighted by Crippen LogP contribution is 2.39. The zero-order chi connectivity index (χ0) is 13.8. The molecule has 3 nitrogen and oxygen atoms in total. The fraction of sp³-hybridized carbons (Fsp3) is 1.00. The molecule has 0 radical (unpaired) electrons. The summed E-state index contributed by atoms with van der Waals surface area (Å²) < 4.78 is 6.04. The highest BCUT2D eigenvalue weighted by atomic mass is 16.5. The standard InChI is InChI=1S/C15H32N2O/c1-6-7-11-18-13(12-16)17-14(2,3)9-8-10-15(17,4)5/h13H,6-12,16H2,1-5H3. The van der Waals surface area contributed by atoms with Gasteiger partial charge in [0.1, 0.15) is 6.23 Å². The Labute approximate surface area is 113 Å². The molecule has 1 heterocycles. The molecule has 1 aliphatic heterocycles. The Hall–Kier alpha value is -0.120. The molecule has 108 valence electrons. The second-order valence-corrected chi connectivity index (χ2v) is 6.76. The lowest BCUT2D eigenvalue weighted by Gasteiger charge is -2.55. The van der Waals surface area contributed by atoms with Gasteiger partial charge >= 0.3 is 0 Å².